The predicted octanol–water partition coefficient (Wildman–Crippen LogP) is 4.25. The summed E-state index contributed by atoms with van der Waals surface area (Å²) in [4.78, 5) is 0. The van der Waals surface area contributed by atoms with E-state index in [1.54, 1.807) is 22.3 Å². The molecule has 2 aliphatic carbocycles. The molecule has 0 heteroatoms. The maximum atomic E-state index is 2.43. The van der Waals surface area contributed by atoms with Crippen molar-refractivity contribution >= 4 is 0 Å². The van der Waals surface area contributed by atoms with Crippen LogP contribution in [0.25, 0.3) is 0 Å². The normalized spacial score (nSPS) is 28.4. The number of fused-ring (bicyclic) bond motifs is 3. The van der Waals surface area contributed by atoms with E-state index >= 15 is 0 Å². The van der Waals surface area contributed by atoms with Crippen LogP contribution in [0.2, 0.25) is 0 Å². The monoisotopic (exact) mass is 214 g/mol. The first kappa shape index (κ1) is 10.4. The van der Waals surface area contributed by atoms with E-state index in [0.717, 1.165) is 11.8 Å². The van der Waals surface area contributed by atoms with Gasteiger partial charge in [-0.1, -0.05) is 26.0 Å². The Bertz CT molecular complexity index is 403. The highest BCUT2D eigenvalue weighted by Crippen LogP contribution is 2.39. The Morgan fingerprint density at radius 3 is 2.62 bits per heavy atom. The average Bonchev–Trinajstić information content (AvgIpc) is 2.33. The van der Waals surface area contributed by atoms with Crippen molar-refractivity contribution in [1.29, 1.82) is 0 Å². The summed E-state index contributed by atoms with van der Waals surface area (Å²) < 4.78 is 0. The van der Waals surface area contributed by atoms with Gasteiger partial charge in [0.15, 0.2) is 0 Å². The zero-order valence-electron chi connectivity index (χ0n) is 10.6. The van der Waals surface area contributed by atoms with Gasteiger partial charge in [0.2, 0.25) is 0 Å². The van der Waals surface area contributed by atoms with Gasteiger partial charge in [0, 0.05) is 0 Å². The lowest BCUT2D eigenvalue weighted by molar-refractivity contribution is 0.423. The Balaban J connectivity index is 2.10. The van der Waals surface area contributed by atoms with Crippen LogP contribution in [0.1, 0.15) is 61.3 Å². The van der Waals surface area contributed by atoms with E-state index in [1.165, 1.54) is 38.5 Å². The Kier molecular flexibility index (Phi) is 2.53. The molecule has 2 unspecified atom stereocenters. The van der Waals surface area contributed by atoms with E-state index in [4.69, 9.17) is 0 Å². The molecule has 2 aliphatic rings. The van der Waals surface area contributed by atoms with Crippen LogP contribution >= 0.6 is 0 Å². The third kappa shape index (κ3) is 1.50. The highest BCUT2D eigenvalue weighted by Gasteiger charge is 2.26. The maximum Gasteiger partial charge on any atom is -0.0162 e. The molecular weight excluding hydrogens is 192 g/mol. The largest absolute Gasteiger partial charge is 0.0619 e. The molecule has 0 radical (unpaired) electrons. The Labute approximate surface area is 99.1 Å². The zero-order chi connectivity index (χ0) is 11.1. The second kappa shape index (κ2) is 3.91. The molecule has 0 amide bonds. The molecule has 2 atom stereocenters. The fourth-order valence-corrected chi connectivity index (χ4v) is 3.57. The van der Waals surface area contributed by atoms with Crippen molar-refractivity contribution in [3.8, 4) is 0 Å². The first-order valence-corrected chi connectivity index (χ1v) is 6.91. The molecule has 16 heavy (non-hydrogen) atoms. The van der Waals surface area contributed by atoms with Crippen LogP contribution < -0.4 is 0 Å². The molecule has 0 fully saturated rings. The fraction of sp³-hybridized carbons (Fsp3) is 0.625. The van der Waals surface area contributed by atoms with Crippen molar-refractivity contribution in [1.82, 2.24) is 0 Å². The quantitative estimate of drug-likeness (QED) is 0.605. The minimum atomic E-state index is 0.774. The van der Waals surface area contributed by atoms with E-state index in [0.29, 0.717) is 0 Å². The summed E-state index contributed by atoms with van der Waals surface area (Å²) in [5.41, 5.74) is 6.80. The van der Waals surface area contributed by atoms with Crippen LogP contribution in [-0.4, -0.2) is 0 Å². The number of aryl methyl sites for hydroxylation is 1. The van der Waals surface area contributed by atoms with Crippen molar-refractivity contribution < 1.29 is 0 Å². The minimum Gasteiger partial charge on any atom is -0.0619 e. The van der Waals surface area contributed by atoms with Crippen molar-refractivity contribution in [2.45, 2.75) is 58.3 Å². The Morgan fingerprint density at radius 1 is 0.938 bits per heavy atom. The van der Waals surface area contributed by atoms with Crippen LogP contribution in [0.5, 0.6) is 0 Å². The summed E-state index contributed by atoms with van der Waals surface area (Å²) in [6, 6.07) is 4.85. The molecule has 0 saturated heterocycles. The average molecular weight is 214 g/mol. The number of hydrogen-bond acceptors (Lipinski definition) is 0. The molecule has 0 spiro atoms. The summed E-state index contributed by atoms with van der Waals surface area (Å²) in [6.45, 7) is 4.82. The summed E-state index contributed by atoms with van der Waals surface area (Å²) in [7, 11) is 0. The van der Waals surface area contributed by atoms with E-state index in [1.807, 2.05) is 0 Å². The summed E-state index contributed by atoms with van der Waals surface area (Å²) in [6.07, 6.45) is 8.21. The lowest BCUT2D eigenvalue weighted by atomic mass is 9.73. The molecule has 0 aliphatic heterocycles. The summed E-state index contributed by atoms with van der Waals surface area (Å²) in [5, 5.41) is 0. The predicted molar refractivity (Wildman–Crippen MR) is 69.0 cm³/mol. The first-order valence-electron chi connectivity index (χ1n) is 6.91. The zero-order valence-corrected chi connectivity index (χ0v) is 10.6. The van der Waals surface area contributed by atoms with Gasteiger partial charge >= 0.3 is 0 Å². The molecule has 0 aromatic heterocycles. The molecule has 1 aromatic rings. The van der Waals surface area contributed by atoms with Gasteiger partial charge in [-0.15, -0.1) is 0 Å². The molecule has 0 N–H and O–H groups in total. The minimum absolute atomic E-state index is 0.774. The lowest BCUT2D eigenvalue weighted by Gasteiger charge is -2.32. The molecule has 0 nitrogen and oxygen atoms in total. The smallest absolute Gasteiger partial charge is 0.0162 e. The molecule has 0 saturated carbocycles. The SMILES string of the molecule is CC1CCc2c(ccc3c2CCCC3)C1C. The van der Waals surface area contributed by atoms with E-state index in [9.17, 15) is 0 Å². The topological polar surface area (TPSA) is 0 Å². The molecule has 0 bridgehead atoms. The van der Waals surface area contributed by atoms with E-state index in [-0.39, 0.29) is 0 Å². The van der Waals surface area contributed by atoms with Gasteiger partial charge in [-0.3, -0.25) is 0 Å². The van der Waals surface area contributed by atoms with Crippen molar-refractivity contribution in [2.75, 3.05) is 0 Å². The highest BCUT2D eigenvalue weighted by atomic mass is 14.3. The van der Waals surface area contributed by atoms with Gasteiger partial charge in [-0.05, 0) is 72.6 Å². The maximum absolute atomic E-state index is 2.43. The first-order chi connectivity index (χ1) is 7.77. The van der Waals surface area contributed by atoms with Gasteiger partial charge < -0.3 is 0 Å². The molecule has 86 valence electrons. The van der Waals surface area contributed by atoms with Gasteiger partial charge in [-0.25, -0.2) is 0 Å². The van der Waals surface area contributed by atoms with E-state index < -0.39 is 0 Å². The summed E-state index contributed by atoms with van der Waals surface area (Å²) >= 11 is 0. The van der Waals surface area contributed by atoms with Gasteiger partial charge in [0.25, 0.3) is 0 Å². The lowest BCUT2D eigenvalue weighted by Crippen LogP contribution is -2.19. The summed E-state index contributed by atoms with van der Waals surface area (Å²) in [5.74, 6) is 1.64. The molecule has 0 heterocycles. The van der Waals surface area contributed by atoms with Gasteiger partial charge in [-0.2, -0.15) is 0 Å². The number of hydrogen-bond donors (Lipinski definition) is 0. The third-order valence-corrected chi connectivity index (χ3v) is 4.88. The Morgan fingerprint density at radius 2 is 1.75 bits per heavy atom. The van der Waals surface area contributed by atoms with Crippen LogP contribution in [0.15, 0.2) is 12.1 Å². The number of benzene rings is 1. The van der Waals surface area contributed by atoms with Crippen molar-refractivity contribution in [2.24, 2.45) is 5.92 Å². The van der Waals surface area contributed by atoms with Crippen molar-refractivity contribution in [3.63, 3.8) is 0 Å². The standard InChI is InChI=1S/C16H22/c1-11-7-9-16-14(12(11)2)10-8-13-5-3-4-6-15(13)16/h8,10-12H,3-7,9H2,1-2H3. The van der Waals surface area contributed by atoms with Crippen molar-refractivity contribution in [3.05, 3.63) is 34.4 Å². The fourth-order valence-electron chi connectivity index (χ4n) is 3.57. The van der Waals surface area contributed by atoms with Crippen LogP contribution in [0.3, 0.4) is 0 Å². The van der Waals surface area contributed by atoms with Gasteiger partial charge in [0.1, 0.15) is 0 Å². The second-order valence-electron chi connectivity index (χ2n) is 5.78. The second-order valence-corrected chi connectivity index (χ2v) is 5.78. The van der Waals surface area contributed by atoms with Gasteiger partial charge in [0.05, 0.1) is 0 Å². The highest BCUT2D eigenvalue weighted by molar-refractivity contribution is 5.45. The number of rotatable bonds is 0. The third-order valence-electron chi connectivity index (χ3n) is 4.88. The molecule has 1 aromatic carbocycles. The van der Waals surface area contributed by atoms with Crippen LogP contribution in [-0.2, 0) is 19.3 Å². The van der Waals surface area contributed by atoms with Crippen LogP contribution in [0, 0.1) is 5.92 Å². The molecular formula is C16H22. The van der Waals surface area contributed by atoms with E-state index in [2.05, 4.69) is 26.0 Å². The molecule has 3 rings (SSSR count). The van der Waals surface area contributed by atoms with Crippen LogP contribution in [0.4, 0.5) is 0 Å². The Hall–Kier alpha value is -0.780.